The van der Waals surface area contributed by atoms with Crippen molar-refractivity contribution in [3.63, 3.8) is 0 Å². The summed E-state index contributed by atoms with van der Waals surface area (Å²) >= 11 is 0. The van der Waals surface area contributed by atoms with Crippen molar-refractivity contribution in [1.29, 1.82) is 0 Å². The maximum atomic E-state index is 13.4. The minimum Gasteiger partial charge on any atom is -0.545 e. The Balaban J connectivity index is 0.00000162. The van der Waals surface area contributed by atoms with Crippen molar-refractivity contribution in [1.82, 2.24) is 9.55 Å². The number of nitrogens with one attached hydrogen (secondary N) is 1. The third-order valence-electron chi connectivity index (χ3n) is 2.56. The van der Waals surface area contributed by atoms with Crippen LogP contribution in [0.5, 0.6) is 0 Å². The fourth-order valence-corrected chi connectivity index (χ4v) is 1.88. The average Bonchev–Trinajstić information content (AvgIpc) is 2.52. The van der Waals surface area contributed by atoms with Gasteiger partial charge in [-0.3, -0.25) is 4.57 Å². The Bertz CT molecular complexity index is 660. The van der Waals surface area contributed by atoms with Crippen molar-refractivity contribution in [3.05, 3.63) is 34.0 Å². The standard InChI is InChI=1S/C11H11FN2O3.Li/c1-5(2)14-7-4-3-6(12)8(10(15)16)9(7)13-11(14)17;/h3-5H,1-2H3,(H,13,17)(H,15,16);/q;+1/p-1. The second-order valence-corrected chi connectivity index (χ2v) is 4.00. The van der Waals surface area contributed by atoms with Crippen molar-refractivity contribution in [2.75, 3.05) is 0 Å². The predicted molar refractivity (Wildman–Crippen MR) is 57.2 cm³/mol. The average molecular weight is 244 g/mol. The molecule has 0 bridgehead atoms. The minimum absolute atomic E-state index is 0. The third-order valence-corrected chi connectivity index (χ3v) is 2.56. The first kappa shape index (κ1) is 14.5. The van der Waals surface area contributed by atoms with Crippen LogP contribution in [0.3, 0.4) is 0 Å². The Morgan fingerprint density at radius 3 is 2.56 bits per heavy atom. The van der Waals surface area contributed by atoms with Gasteiger partial charge in [-0.2, -0.15) is 0 Å². The van der Waals surface area contributed by atoms with Gasteiger partial charge in [-0.15, -0.1) is 0 Å². The zero-order valence-corrected chi connectivity index (χ0v) is 10.3. The SMILES string of the molecule is CC(C)n1c(=O)[nH]c2c(C(=O)[O-])c(F)ccc21.[Li+]. The van der Waals surface area contributed by atoms with E-state index in [4.69, 9.17) is 0 Å². The van der Waals surface area contributed by atoms with E-state index in [0.29, 0.717) is 5.52 Å². The second-order valence-electron chi connectivity index (χ2n) is 4.00. The topological polar surface area (TPSA) is 77.9 Å². The van der Waals surface area contributed by atoms with Gasteiger partial charge >= 0.3 is 24.6 Å². The van der Waals surface area contributed by atoms with Gasteiger partial charge in [0.15, 0.2) is 0 Å². The maximum absolute atomic E-state index is 13.4. The van der Waals surface area contributed by atoms with E-state index < -0.39 is 23.0 Å². The van der Waals surface area contributed by atoms with E-state index in [0.717, 1.165) is 6.07 Å². The molecule has 0 saturated carbocycles. The molecule has 1 N–H and O–H groups in total. The molecule has 1 aromatic carbocycles. The number of imidazole rings is 1. The molecule has 2 rings (SSSR count). The van der Waals surface area contributed by atoms with Crippen molar-refractivity contribution in [2.45, 2.75) is 19.9 Å². The van der Waals surface area contributed by atoms with Crippen LogP contribution >= 0.6 is 0 Å². The number of halogens is 1. The number of hydrogen-bond acceptors (Lipinski definition) is 3. The molecule has 1 aromatic heterocycles. The zero-order valence-electron chi connectivity index (χ0n) is 10.3. The number of rotatable bonds is 2. The van der Waals surface area contributed by atoms with Crippen molar-refractivity contribution in [3.8, 4) is 0 Å². The smallest absolute Gasteiger partial charge is 0.545 e. The monoisotopic (exact) mass is 244 g/mol. The number of carboxylic acids is 1. The van der Waals surface area contributed by atoms with Crippen LogP contribution in [0.4, 0.5) is 4.39 Å². The van der Waals surface area contributed by atoms with Crippen LogP contribution in [0, 0.1) is 5.82 Å². The van der Waals surface area contributed by atoms with Gasteiger partial charge in [-0.1, -0.05) is 0 Å². The van der Waals surface area contributed by atoms with Crippen LogP contribution in [-0.4, -0.2) is 15.5 Å². The summed E-state index contributed by atoms with van der Waals surface area (Å²) < 4.78 is 14.7. The molecule has 0 saturated heterocycles. The summed E-state index contributed by atoms with van der Waals surface area (Å²) in [5, 5.41) is 10.8. The Kier molecular flexibility index (Phi) is 4.04. The molecule has 0 atom stereocenters. The Labute approximate surface area is 114 Å². The van der Waals surface area contributed by atoms with Gasteiger partial charge in [0.05, 0.1) is 22.6 Å². The fraction of sp³-hybridized carbons (Fsp3) is 0.273. The fourth-order valence-electron chi connectivity index (χ4n) is 1.88. The number of aromatic carboxylic acids is 1. The molecule has 90 valence electrons. The Morgan fingerprint density at radius 1 is 1.44 bits per heavy atom. The number of nitrogens with zero attached hydrogens (tertiary/aromatic N) is 1. The Hall–Kier alpha value is -1.51. The van der Waals surface area contributed by atoms with E-state index in [1.165, 1.54) is 10.6 Å². The molecule has 0 aliphatic heterocycles. The molecule has 0 aliphatic rings. The summed E-state index contributed by atoms with van der Waals surface area (Å²) in [5.41, 5.74) is -0.767. The van der Waals surface area contributed by atoms with Crippen molar-refractivity contribution >= 4 is 17.0 Å². The van der Waals surface area contributed by atoms with E-state index in [1.54, 1.807) is 13.8 Å². The first-order valence-corrected chi connectivity index (χ1v) is 5.07. The molecule has 2 aromatic rings. The van der Waals surface area contributed by atoms with E-state index in [2.05, 4.69) is 4.98 Å². The molecular weight excluding hydrogens is 234 g/mol. The van der Waals surface area contributed by atoms with Crippen LogP contribution in [0.25, 0.3) is 11.0 Å². The largest absolute Gasteiger partial charge is 1.00 e. The number of benzene rings is 1. The summed E-state index contributed by atoms with van der Waals surface area (Å²) in [6.07, 6.45) is 0. The minimum atomic E-state index is -1.65. The second kappa shape index (κ2) is 5.00. The number of hydrogen-bond donors (Lipinski definition) is 1. The molecule has 0 aliphatic carbocycles. The van der Waals surface area contributed by atoms with E-state index in [1.807, 2.05) is 0 Å². The van der Waals surface area contributed by atoms with E-state index >= 15 is 0 Å². The molecular formula is C11H10FLiN2O3. The van der Waals surface area contributed by atoms with E-state index in [9.17, 15) is 19.1 Å². The van der Waals surface area contributed by atoms with Crippen LogP contribution in [0.2, 0.25) is 0 Å². The zero-order chi connectivity index (χ0) is 12.7. The van der Waals surface area contributed by atoms with Gasteiger partial charge in [-0.25, -0.2) is 9.18 Å². The molecule has 0 amide bonds. The molecule has 0 unspecified atom stereocenters. The van der Waals surface area contributed by atoms with Gasteiger partial charge in [-0.05, 0) is 26.0 Å². The van der Waals surface area contributed by atoms with Crippen LogP contribution in [0.15, 0.2) is 16.9 Å². The first-order valence-electron chi connectivity index (χ1n) is 5.07. The maximum Gasteiger partial charge on any atom is 1.00 e. The number of aromatic amines is 1. The third kappa shape index (κ3) is 2.09. The number of carbonyl (C=O) groups excluding carboxylic acids is 1. The van der Waals surface area contributed by atoms with Crippen LogP contribution in [-0.2, 0) is 0 Å². The molecule has 0 radical (unpaired) electrons. The van der Waals surface area contributed by atoms with Gasteiger partial charge in [0.25, 0.3) is 0 Å². The summed E-state index contributed by atoms with van der Waals surface area (Å²) in [6, 6.07) is 2.23. The summed E-state index contributed by atoms with van der Waals surface area (Å²) in [7, 11) is 0. The summed E-state index contributed by atoms with van der Waals surface area (Å²) in [6.45, 7) is 3.55. The van der Waals surface area contributed by atoms with Gasteiger partial charge in [0.1, 0.15) is 5.82 Å². The summed E-state index contributed by atoms with van der Waals surface area (Å²) in [5.74, 6) is -2.57. The number of carboxylic acid groups (broad SMARTS) is 1. The first-order chi connectivity index (χ1) is 7.93. The van der Waals surface area contributed by atoms with Crippen LogP contribution < -0.4 is 29.7 Å². The predicted octanol–water partition coefficient (Wildman–Crippen LogP) is -2.58. The number of fused-ring (bicyclic) bond motifs is 1. The molecule has 0 spiro atoms. The summed E-state index contributed by atoms with van der Waals surface area (Å²) in [4.78, 5) is 24.8. The number of carbonyl (C=O) groups is 1. The number of aromatic nitrogens is 2. The van der Waals surface area contributed by atoms with Gasteiger partial charge in [0, 0.05) is 6.04 Å². The van der Waals surface area contributed by atoms with Gasteiger partial charge < -0.3 is 14.9 Å². The van der Waals surface area contributed by atoms with E-state index in [-0.39, 0.29) is 30.4 Å². The normalized spacial score (nSPS) is 10.7. The quantitative estimate of drug-likeness (QED) is 0.589. The molecule has 18 heavy (non-hydrogen) atoms. The van der Waals surface area contributed by atoms with Gasteiger partial charge in [0.2, 0.25) is 0 Å². The molecule has 5 nitrogen and oxygen atoms in total. The number of H-pyrrole nitrogens is 1. The van der Waals surface area contributed by atoms with Crippen molar-refractivity contribution in [2.24, 2.45) is 0 Å². The molecule has 7 heteroatoms. The van der Waals surface area contributed by atoms with Crippen LogP contribution in [0.1, 0.15) is 30.2 Å². The van der Waals surface area contributed by atoms with Crippen molar-refractivity contribution < 1.29 is 33.2 Å². The Morgan fingerprint density at radius 2 is 2.06 bits per heavy atom. The molecule has 1 heterocycles. The molecule has 0 fully saturated rings.